The number of aromatic carboxylic acids is 1. The van der Waals surface area contributed by atoms with Crippen LogP contribution in [0, 0.1) is 17.8 Å². The van der Waals surface area contributed by atoms with Crippen molar-refractivity contribution in [2.45, 2.75) is 34.9 Å². The molecule has 2 aromatic carbocycles. The SMILES string of the molecule is C=CCc1cccc([C@H]2C3=CC[C@@H]4C(=O)N(c5cccc(C(=O)O)c5)C(=O)[C@@H]4[C@@H]3C[C@@]3(Cl)C(=O)N(CBr)C(=O)[C@@]23Cl)c1O. The van der Waals surface area contributed by atoms with Gasteiger partial charge in [0.05, 0.1) is 28.5 Å². The lowest BCUT2D eigenvalue weighted by molar-refractivity contribution is -0.138. The van der Waals surface area contributed by atoms with Crippen LogP contribution in [0.3, 0.4) is 0 Å². The van der Waals surface area contributed by atoms with Crippen molar-refractivity contribution in [1.29, 1.82) is 0 Å². The van der Waals surface area contributed by atoms with Gasteiger partial charge in [0.1, 0.15) is 5.75 Å². The smallest absolute Gasteiger partial charge is 0.335 e. The third kappa shape index (κ3) is 3.92. The highest BCUT2D eigenvalue weighted by Gasteiger charge is 2.76. The fourth-order valence-corrected chi connectivity index (χ4v) is 8.71. The number of carbonyl (C=O) groups is 5. The van der Waals surface area contributed by atoms with E-state index in [0.29, 0.717) is 17.6 Å². The molecule has 6 rings (SSSR count). The van der Waals surface area contributed by atoms with E-state index in [1.54, 1.807) is 30.4 Å². The maximum absolute atomic E-state index is 14.1. The van der Waals surface area contributed by atoms with Gasteiger partial charge < -0.3 is 10.2 Å². The van der Waals surface area contributed by atoms with Crippen molar-refractivity contribution in [2.75, 3.05) is 10.4 Å². The number of alkyl halides is 3. The number of benzene rings is 2. The van der Waals surface area contributed by atoms with E-state index in [9.17, 15) is 34.2 Å². The lowest BCUT2D eigenvalue weighted by atomic mass is 9.56. The number of aromatic hydroxyl groups is 1. The number of anilines is 1. The molecule has 2 heterocycles. The Morgan fingerprint density at radius 3 is 2.47 bits per heavy atom. The molecule has 3 fully saturated rings. The van der Waals surface area contributed by atoms with E-state index < -0.39 is 63.0 Å². The third-order valence-electron chi connectivity index (χ3n) is 9.19. The molecule has 2 aromatic rings. The normalized spacial score (nSPS) is 31.5. The lowest BCUT2D eigenvalue weighted by Gasteiger charge is -2.50. The number of imide groups is 2. The van der Waals surface area contributed by atoms with Crippen LogP contribution in [-0.2, 0) is 25.6 Å². The molecule has 222 valence electrons. The van der Waals surface area contributed by atoms with Crippen LogP contribution < -0.4 is 4.90 Å². The van der Waals surface area contributed by atoms with Crippen molar-refractivity contribution in [1.82, 2.24) is 4.90 Å². The van der Waals surface area contributed by atoms with Gasteiger partial charge in [-0.15, -0.1) is 29.8 Å². The first-order chi connectivity index (χ1) is 20.4. The number of rotatable bonds is 6. The van der Waals surface area contributed by atoms with Crippen LogP contribution >= 0.6 is 39.1 Å². The summed E-state index contributed by atoms with van der Waals surface area (Å²) in [4.78, 5) is 65.0. The van der Waals surface area contributed by atoms with Crippen LogP contribution in [0.5, 0.6) is 5.75 Å². The van der Waals surface area contributed by atoms with E-state index in [-0.39, 0.29) is 40.9 Å². The molecule has 0 aromatic heterocycles. The molecule has 4 amide bonds. The Morgan fingerprint density at radius 2 is 1.79 bits per heavy atom. The summed E-state index contributed by atoms with van der Waals surface area (Å²) in [7, 11) is 0. The number of nitrogens with zero attached hydrogens (tertiary/aromatic N) is 2. The Kier molecular flexibility index (Phi) is 7.10. The number of likely N-dealkylation sites (tertiary alicyclic amines) is 1. The van der Waals surface area contributed by atoms with Crippen molar-refractivity contribution in [3.63, 3.8) is 0 Å². The van der Waals surface area contributed by atoms with E-state index in [1.165, 1.54) is 24.3 Å². The maximum Gasteiger partial charge on any atom is 0.335 e. The number of phenolic OH excluding ortho intramolecular Hbond substituents is 1. The van der Waals surface area contributed by atoms with Crippen molar-refractivity contribution in [3.8, 4) is 5.75 Å². The van der Waals surface area contributed by atoms with Crippen LogP contribution in [0.25, 0.3) is 0 Å². The summed E-state index contributed by atoms with van der Waals surface area (Å²) in [5.74, 6) is -7.52. The topological polar surface area (TPSA) is 132 Å². The van der Waals surface area contributed by atoms with Gasteiger partial charge in [0.15, 0.2) is 9.75 Å². The molecule has 0 bridgehead atoms. The predicted molar refractivity (Wildman–Crippen MR) is 161 cm³/mol. The summed E-state index contributed by atoms with van der Waals surface area (Å²) in [6, 6.07) is 10.6. The van der Waals surface area contributed by atoms with E-state index in [2.05, 4.69) is 22.5 Å². The average Bonchev–Trinajstić information content (AvgIpc) is 3.32. The van der Waals surface area contributed by atoms with Gasteiger partial charge in [0, 0.05) is 11.5 Å². The van der Waals surface area contributed by atoms with Gasteiger partial charge in [-0.05, 0) is 48.9 Å². The second kappa shape index (κ2) is 10.3. The van der Waals surface area contributed by atoms with Crippen molar-refractivity contribution in [3.05, 3.63) is 83.5 Å². The molecule has 2 saturated heterocycles. The zero-order valence-corrected chi connectivity index (χ0v) is 25.6. The number of carboxylic acids is 1. The van der Waals surface area contributed by atoms with E-state index in [0.717, 1.165) is 9.80 Å². The Balaban J connectivity index is 1.52. The highest BCUT2D eigenvalue weighted by atomic mass is 79.9. The number of phenols is 1. The molecule has 0 unspecified atom stereocenters. The van der Waals surface area contributed by atoms with Gasteiger partial charge in [-0.3, -0.25) is 29.0 Å². The zero-order chi connectivity index (χ0) is 31.0. The Hall–Kier alpha value is -3.47. The second-order valence-electron chi connectivity index (χ2n) is 11.2. The van der Waals surface area contributed by atoms with Crippen LogP contribution in [0.1, 0.15) is 40.2 Å². The van der Waals surface area contributed by atoms with Gasteiger partial charge in [-0.2, -0.15) is 0 Å². The summed E-state index contributed by atoms with van der Waals surface area (Å²) < 4.78 is 0. The van der Waals surface area contributed by atoms with Gasteiger partial charge in [0.25, 0.3) is 11.8 Å². The number of para-hydroxylation sites is 1. The highest BCUT2D eigenvalue weighted by Crippen LogP contribution is 2.66. The Bertz CT molecular complexity index is 1680. The molecule has 2 N–H and O–H groups in total. The monoisotopic (exact) mass is 686 g/mol. The number of carboxylic acid groups (broad SMARTS) is 1. The van der Waals surface area contributed by atoms with Gasteiger partial charge >= 0.3 is 5.97 Å². The first kappa shape index (κ1) is 29.6. The Labute approximate surface area is 264 Å². The fraction of sp³-hybridized carbons (Fsp3) is 0.323. The van der Waals surface area contributed by atoms with Crippen molar-refractivity contribution >= 4 is 74.4 Å². The summed E-state index contributed by atoms with van der Waals surface area (Å²) in [6.45, 7) is 3.74. The van der Waals surface area contributed by atoms with E-state index >= 15 is 0 Å². The number of halogens is 3. The molecule has 2 aliphatic carbocycles. The molecule has 4 aliphatic rings. The molecular weight excluding hydrogens is 663 g/mol. The maximum atomic E-state index is 14.1. The van der Waals surface area contributed by atoms with Gasteiger partial charge in [-0.25, -0.2) is 4.79 Å². The number of amides is 4. The molecule has 0 radical (unpaired) electrons. The predicted octanol–water partition coefficient (Wildman–Crippen LogP) is 4.73. The van der Waals surface area contributed by atoms with Crippen LogP contribution in [0.4, 0.5) is 5.69 Å². The van der Waals surface area contributed by atoms with Gasteiger partial charge in [0.2, 0.25) is 11.8 Å². The minimum Gasteiger partial charge on any atom is -0.507 e. The van der Waals surface area contributed by atoms with Crippen molar-refractivity contribution in [2.24, 2.45) is 17.8 Å². The quantitative estimate of drug-likeness (QED) is 0.194. The lowest BCUT2D eigenvalue weighted by Crippen LogP contribution is -2.60. The molecule has 1 saturated carbocycles. The minimum absolute atomic E-state index is 0.0871. The average molecular weight is 688 g/mol. The van der Waals surface area contributed by atoms with Gasteiger partial charge in [-0.1, -0.05) is 57.9 Å². The number of hydrogen-bond donors (Lipinski definition) is 2. The number of carbonyl (C=O) groups excluding carboxylic acids is 4. The standard InChI is InChI=1S/C31H25BrCl2N2O7/c1-2-5-15-6-4-9-20(24(15)37)23-18-10-11-19-22(21(18)13-30(33)28(42)35(14-32)29(43)31(23,30)34)26(39)36(25(19)38)17-8-3-7-16(12-17)27(40)41/h2-4,6-10,12,19,21-23,37H,1,5,11,13-14H2,(H,40,41)/t19-,21+,22-,23+,30+,31-/m0/s1. The Morgan fingerprint density at radius 1 is 1.07 bits per heavy atom. The largest absolute Gasteiger partial charge is 0.507 e. The molecule has 43 heavy (non-hydrogen) atoms. The summed E-state index contributed by atoms with van der Waals surface area (Å²) in [6.07, 6.45) is 3.63. The number of fused-ring (bicyclic) bond motifs is 4. The molecule has 6 atom stereocenters. The number of allylic oxidation sites excluding steroid dienone is 3. The first-order valence-electron chi connectivity index (χ1n) is 13.5. The van der Waals surface area contributed by atoms with E-state index in [4.69, 9.17) is 23.2 Å². The summed E-state index contributed by atoms with van der Waals surface area (Å²) >= 11 is 17.6. The van der Waals surface area contributed by atoms with Crippen LogP contribution in [-0.4, -0.2) is 59.9 Å². The molecule has 12 heteroatoms. The fourth-order valence-electron chi connectivity index (χ4n) is 7.30. The van der Waals surface area contributed by atoms with Crippen LogP contribution in [0.15, 0.2) is 66.8 Å². The second-order valence-corrected chi connectivity index (χ2v) is 12.9. The van der Waals surface area contributed by atoms with E-state index in [1.807, 2.05) is 0 Å². The third-order valence-corrected chi connectivity index (χ3v) is 11.1. The molecule has 0 spiro atoms. The minimum atomic E-state index is -2.04. The van der Waals surface area contributed by atoms with Crippen LogP contribution in [0.2, 0.25) is 0 Å². The molecular formula is C31H25BrCl2N2O7. The summed E-state index contributed by atoms with van der Waals surface area (Å²) in [5.41, 5.74) is 1.21. The summed E-state index contributed by atoms with van der Waals surface area (Å²) in [5, 5.41) is 20.9. The first-order valence-corrected chi connectivity index (χ1v) is 15.4. The number of hydrogen-bond acceptors (Lipinski definition) is 6. The molecule has 9 nitrogen and oxygen atoms in total. The highest BCUT2D eigenvalue weighted by molar-refractivity contribution is 9.09. The zero-order valence-electron chi connectivity index (χ0n) is 22.5. The van der Waals surface area contributed by atoms with Crippen molar-refractivity contribution < 1.29 is 34.2 Å². The molecule has 2 aliphatic heterocycles.